The fourth-order valence-electron chi connectivity index (χ4n) is 1.85. The number of ether oxygens (including phenoxy) is 2. The van der Waals surface area contributed by atoms with Crippen molar-refractivity contribution in [1.82, 2.24) is 4.90 Å². The van der Waals surface area contributed by atoms with Crippen molar-refractivity contribution in [3.63, 3.8) is 0 Å². The summed E-state index contributed by atoms with van der Waals surface area (Å²) in [5.74, 6) is 0.473. The molecule has 0 spiro atoms. The number of morpholine rings is 1. The average molecular weight is 349 g/mol. The molecule has 1 aromatic rings. The van der Waals surface area contributed by atoms with Gasteiger partial charge in [0.15, 0.2) is 6.10 Å². The van der Waals surface area contributed by atoms with E-state index in [0.717, 1.165) is 4.47 Å². The molecule has 104 valence electrons. The molecule has 1 amide bonds. The van der Waals surface area contributed by atoms with Crippen molar-refractivity contribution in [2.24, 2.45) is 0 Å². The van der Waals surface area contributed by atoms with Crippen LogP contribution in [-0.4, -0.2) is 43.2 Å². The van der Waals surface area contributed by atoms with Gasteiger partial charge in [0, 0.05) is 17.6 Å². The molecule has 1 fully saturated rings. The van der Waals surface area contributed by atoms with Gasteiger partial charge >= 0.3 is 0 Å². The zero-order valence-corrected chi connectivity index (χ0v) is 12.9. The van der Waals surface area contributed by atoms with Crippen LogP contribution < -0.4 is 4.74 Å². The molecule has 1 heterocycles. The molecule has 0 N–H and O–H groups in total. The lowest BCUT2D eigenvalue weighted by Crippen LogP contribution is -2.46. The topological polar surface area (TPSA) is 38.8 Å². The standard InChI is InChI=1S/C13H15BrClNO3/c1-9(13(17)16-4-6-18-7-5-16)19-12-3-2-10(14)8-11(12)15/h2-3,8-9H,4-7H2,1H3/t9-/m1/s1. The quantitative estimate of drug-likeness (QED) is 0.843. The predicted octanol–water partition coefficient (Wildman–Crippen LogP) is 2.73. The Labute approximate surface area is 125 Å². The van der Waals surface area contributed by atoms with Crippen molar-refractivity contribution in [3.05, 3.63) is 27.7 Å². The summed E-state index contributed by atoms with van der Waals surface area (Å²) in [5, 5.41) is 0.482. The molecule has 0 unspecified atom stereocenters. The molecule has 0 bridgehead atoms. The van der Waals surface area contributed by atoms with Gasteiger partial charge < -0.3 is 14.4 Å². The Morgan fingerprint density at radius 3 is 2.79 bits per heavy atom. The predicted molar refractivity (Wildman–Crippen MR) is 76.6 cm³/mol. The lowest BCUT2D eigenvalue weighted by Gasteiger charge is -2.29. The van der Waals surface area contributed by atoms with Gasteiger partial charge in [-0.15, -0.1) is 0 Å². The molecule has 19 heavy (non-hydrogen) atoms. The molecule has 1 aliphatic rings. The number of carbonyl (C=O) groups is 1. The second-order valence-corrected chi connectivity index (χ2v) is 5.60. The zero-order chi connectivity index (χ0) is 13.8. The summed E-state index contributed by atoms with van der Waals surface area (Å²) >= 11 is 9.39. The van der Waals surface area contributed by atoms with Crippen LogP contribution in [0.5, 0.6) is 5.75 Å². The summed E-state index contributed by atoms with van der Waals surface area (Å²) in [5.41, 5.74) is 0. The number of carbonyl (C=O) groups excluding carboxylic acids is 1. The highest BCUT2D eigenvalue weighted by molar-refractivity contribution is 9.10. The number of nitrogens with zero attached hydrogens (tertiary/aromatic N) is 1. The maximum Gasteiger partial charge on any atom is 0.263 e. The van der Waals surface area contributed by atoms with E-state index in [1.54, 1.807) is 24.0 Å². The van der Waals surface area contributed by atoms with Gasteiger partial charge in [-0.25, -0.2) is 0 Å². The maximum absolute atomic E-state index is 12.2. The first-order valence-corrected chi connectivity index (χ1v) is 7.23. The number of hydrogen-bond donors (Lipinski definition) is 0. The van der Waals surface area contributed by atoms with Crippen LogP contribution in [0.3, 0.4) is 0 Å². The molecule has 2 rings (SSSR count). The molecular formula is C13H15BrClNO3. The van der Waals surface area contributed by atoms with Crippen LogP contribution in [0.25, 0.3) is 0 Å². The minimum atomic E-state index is -0.559. The van der Waals surface area contributed by atoms with Crippen LogP contribution >= 0.6 is 27.5 Å². The van der Waals surface area contributed by atoms with Crippen LogP contribution in [-0.2, 0) is 9.53 Å². The van der Waals surface area contributed by atoms with E-state index in [0.29, 0.717) is 37.1 Å². The second-order valence-electron chi connectivity index (χ2n) is 4.27. The van der Waals surface area contributed by atoms with Crippen molar-refractivity contribution in [1.29, 1.82) is 0 Å². The molecular weight excluding hydrogens is 334 g/mol. The van der Waals surface area contributed by atoms with Gasteiger partial charge in [0.1, 0.15) is 5.75 Å². The van der Waals surface area contributed by atoms with Gasteiger partial charge in [-0.3, -0.25) is 4.79 Å². The molecule has 0 aromatic heterocycles. The van der Waals surface area contributed by atoms with E-state index >= 15 is 0 Å². The normalized spacial score (nSPS) is 17.1. The van der Waals surface area contributed by atoms with Gasteiger partial charge in [0.2, 0.25) is 0 Å². The monoisotopic (exact) mass is 347 g/mol. The van der Waals surface area contributed by atoms with E-state index in [2.05, 4.69) is 15.9 Å². The average Bonchev–Trinajstić information content (AvgIpc) is 2.42. The lowest BCUT2D eigenvalue weighted by atomic mass is 10.3. The third-order valence-corrected chi connectivity index (χ3v) is 3.66. The van der Waals surface area contributed by atoms with Crippen LogP contribution in [0, 0.1) is 0 Å². The van der Waals surface area contributed by atoms with Gasteiger partial charge in [-0.05, 0) is 25.1 Å². The Kier molecular flexibility index (Phi) is 5.07. The van der Waals surface area contributed by atoms with Crippen molar-refractivity contribution in [2.75, 3.05) is 26.3 Å². The maximum atomic E-state index is 12.2. The van der Waals surface area contributed by atoms with Gasteiger partial charge in [0.05, 0.1) is 18.2 Å². The molecule has 6 heteroatoms. The lowest BCUT2D eigenvalue weighted by molar-refractivity contribution is -0.142. The highest BCUT2D eigenvalue weighted by Crippen LogP contribution is 2.28. The summed E-state index contributed by atoms with van der Waals surface area (Å²) in [6, 6.07) is 5.31. The van der Waals surface area contributed by atoms with Crippen molar-refractivity contribution in [3.8, 4) is 5.75 Å². The first-order valence-electron chi connectivity index (χ1n) is 6.06. The Hall–Kier alpha value is -0.780. The molecule has 1 aromatic carbocycles. The minimum Gasteiger partial charge on any atom is -0.479 e. The van der Waals surface area contributed by atoms with E-state index in [1.165, 1.54) is 0 Å². The molecule has 1 saturated heterocycles. The van der Waals surface area contributed by atoms with E-state index in [9.17, 15) is 4.79 Å². The number of benzene rings is 1. The van der Waals surface area contributed by atoms with Gasteiger partial charge in [-0.1, -0.05) is 27.5 Å². The number of halogens is 2. The Balaban J connectivity index is 1.99. The summed E-state index contributed by atoms with van der Waals surface area (Å²) < 4.78 is 11.7. The van der Waals surface area contributed by atoms with Crippen LogP contribution in [0.2, 0.25) is 5.02 Å². The number of rotatable bonds is 3. The summed E-state index contributed by atoms with van der Waals surface area (Å²) in [4.78, 5) is 13.9. The fourth-order valence-corrected chi connectivity index (χ4v) is 2.57. The van der Waals surface area contributed by atoms with Crippen LogP contribution in [0.15, 0.2) is 22.7 Å². The first kappa shape index (κ1) is 14.6. The van der Waals surface area contributed by atoms with E-state index in [4.69, 9.17) is 21.1 Å². The van der Waals surface area contributed by atoms with Crippen LogP contribution in [0.1, 0.15) is 6.92 Å². The Bertz CT molecular complexity index is 463. The Morgan fingerprint density at radius 1 is 1.47 bits per heavy atom. The summed E-state index contributed by atoms with van der Waals surface area (Å²) in [7, 11) is 0. The van der Waals surface area contributed by atoms with E-state index in [1.807, 2.05) is 6.07 Å². The third kappa shape index (κ3) is 3.84. The molecule has 0 saturated carbocycles. The summed E-state index contributed by atoms with van der Waals surface area (Å²) in [6.45, 7) is 4.12. The molecule has 4 nitrogen and oxygen atoms in total. The summed E-state index contributed by atoms with van der Waals surface area (Å²) in [6.07, 6.45) is -0.559. The van der Waals surface area contributed by atoms with E-state index < -0.39 is 6.10 Å². The SMILES string of the molecule is C[C@@H](Oc1ccc(Br)cc1Cl)C(=O)N1CCOCC1. The first-order chi connectivity index (χ1) is 9.08. The number of amides is 1. The second kappa shape index (κ2) is 6.59. The highest BCUT2D eigenvalue weighted by atomic mass is 79.9. The van der Waals surface area contributed by atoms with Gasteiger partial charge in [0.25, 0.3) is 5.91 Å². The van der Waals surface area contributed by atoms with Crippen molar-refractivity contribution in [2.45, 2.75) is 13.0 Å². The molecule has 1 aliphatic heterocycles. The highest BCUT2D eigenvalue weighted by Gasteiger charge is 2.24. The van der Waals surface area contributed by atoms with Crippen molar-refractivity contribution < 1.29 is 14.3 Å². The Morgan fingerprint density at radius 2 is 2.16 bits per heavy atom. The molecule has 0 aliphatic carbocycles. The fraction of sp³-hybridized carbons (Fsp3) is 0.462. The third-order valence-electron chi connectivity index (χ3n) is 2.87. The van der Waals surface area contributed by atoms with E-state index in [-0.39, 0.29) is 5.91 Å². The zero-order valence-electron chi connectivity index (χ0n) is 10.6. The van der Waals surface area contributed by atoms with Crippen LogP contribution in [0.4, 0.5) is 0 Å². The number of hydrogen-bond acceptors (Lipinski definition) is 3. The van der Waals surface area contributed by atoms with Gasteiger partial charge in [-0.2, -0.15) is 0 Å². The van der Waals surface area contributed by atoms with Crippen molar-refractivity contribution >= 4 is 33.4 Å². The largest absolute Gasteiger partial charge is 0.479 e. The molecule has 0 radical (unpaired) electrons. The molecule has 1 atom stereocenters. The smallest absolute Gasteiger partial charge is 0.263 e. The minimum absolute atomic E-state index is 0.0396.